The maximum Gasteiger partial charge on any atom is 0.410 e. The molecule has 1 aliphatic heterocycles. The van der Waals surface area contributed by atoms with Crippen LogP contribution in [0, 0.1) is 0 Å². The third-order valence-corrected chi connectivity index (χ3v) is 3.59. The van der Waals surface area contributed by atoms with Crippen molar-refractivity contribution in [3.63, 3.8) is 0 Å². The minimum absolute atomic E-state index is 0.0298. The van der Waals surface area contributed by atoms with Crippen LogP contribution in [0.4, 0.5) is 4.79 Å². The molecule has 1 aliphatic rings. The fourth-order valence-electron chi connectivity index (χ4n) is 2.34. The van der Waals surface area contributed by atoms with Gasteiger partial charge in [-0.3, -0.25) is 0 Å². The third kappa shape index (κ3) is 3.28. The summed E-state index contributed by atoms with van der Waals surface area (Å²) in [6, 6.07) is 0. The number of amides is 1. The van der Waals surface area contributed by atoms with Crippen molar-refractivity contribution >= 4 is 6.09 Å². The summed E-state index contributed by atoms with van der Waals surface area (Å²) in [4.78, 5) is 21.3. The van der Waals surface area contributed by atoms with Crippen LogP contribution in [-0.4, -0.2) is 39.7 Å². The first-order valence-corrected chi connectivity index (χ1v) is 6.78. The highest BCUT2D eigenvalue weighted by Gasteiger charge is 2.36. The maximum atomic E-state index is 12.0. The van der Waals surface area contributed by atoms with Gasteiger partial charge in [0.05, 0.1) is 0 Å². The zero-order valence-electron chi connectivity index (χ0n) is 12.2. The fourth-order valence-corrected chi connectivity index (χ4v) is 2.34. The molecule has 0 unspecified atom stereocenters. The van der Waals surface area contributed by atoms with Crippen LogP contribution in [0.25, 0.3) is 0 Å². The normalized spacial score (nSPS) is 19.3. The summed E-state index contributed by atoms with van der Waals surface area (Å²) in [7, 11) is 0. The van der Waals surface area contributed by atoms with Gasteiger partial charge in [0.15, 0.2) is 0 Å². The number of hydrogen-bond acceptors (Lipinski definition) is 3. The fraction of sp³-hybridized carbons (Fsp3) is 0.714. The Morgan fingerprint density at radius 2 is 2.05 bits per heavy atom. The highest BCUT2D eigenvalue weighted by molar-refractivity contribution is 5.68. The lowest BCUT2D eigenvalue weighted by molar-refractivity contribution is 0.0168. The lowest BCUT2D eigenvalue weighted by Crippen LogP contribution is -2.46. The van der Waals surface area contributed by atoms with Crippen LogP contribution in [0.3, 0.4) is 0 Å². The number of aromatic amines is 1. The molecule has 1 amide bonds. The van der Waals surface area contributed by atoms with Gasteiger partial charge in [0.25, 0.3) is 0 Å². The summed E-state index contributed by atoms with van der Waals surface area (Å²) >= 11 is 0. The standard InChI is InChI=1S/C14H23N3O2/c1-13(2,3)19-12(18)17-9-5-14(4,6-10-17)11-15-7-8-16-11/h7-8H,5-6,9-10H2,1-4H3,(H,15,16). The number of aromatic nitrogens is 2. The Hall–Kier alpha value is -1.52. The highest BCUT2D eigenvalue weighted by Crippen LogP contribution is 2.33. The molecule has 19 heavy (non-hydrogen) atoms. The van der Waals surface area contributed by atoms with Crippen LogP contribution in [-0.2, 0) is 10.2 Å². The largest absolute Gasteiger partial charge is 0.444 e. The first-order chi connectivity index (χ1) is 8.80. The summed E-state index contributed by atoms with van der Waals surface area (Å²) in [5.41, 5.74) is -0.402. The van der Waals surface area contributed by atoms with Gasteiger partial charge in [0.2, 0.25) is 0 Å². The molecule has 1 aromatic heterocycles. The Kier molecular flexibility index (Phi) is 3.56. The van der Waals surface area contributed by atoms with Crippen molar-refractivity contribution in [2.24, 2.45) is 0 Å². The number of nitrogens with one attached hydrogen (secondary N) is 1. The Balaban J connectivity index is 1.94. The zero-order chi connectivity index (χ0) is 14.1. The number of H-pyrrole nitrogens is 1. The zero-order valence-corrected chi connectivity index (χ0v) is 12.2. The molecule has 0 atom stereocenters. The van der Waals surface area contributed by atoms with Gasteiger partial charge in [0, 0.05) is 30.9 Å². The number of rotatable bonds is 1. The number of ether oxygens (including phenoxy) is 1. The summed E-state index contributed by atoms with van der Waals surface area (Å²) in [6.07, 6.45) is 5.22. The maximum absolute atomic E-state index is 12.0. The first-order valence-electron chi connectivity index (χ1n) is 6.78. The van der Waals surface area contributed by atoms with Crippen LogP contribution in [0.1, 0.15) is 46.4 Å². The number of imidazole rings is 1. The van der Waals surface area contributed by atoms with E-state index >= 15 is 0 Å². The molecule has 0 aliphatic carbocycles. The van der Waals surface area contributed by atoms with Gasteiger partial charge in [-0.1, -0.05) is 6.92 Å². The Morgan fingerprint density at radius 1 is 1.42 bits per heavy atom. The molecule has 0 radical (unpaired) electrons. The molecular weight excluding hydrogens is 242 g/mol. The number of carbonyl (C=O) groups excluding carboxylic acids is 1. The minimum atomic E-state index is -0.432. The molecule has 5 heteroatoms. The van der Waals surface area contributed by atoms with Crippen molar-refractivity contribution in [2.75, 3.05) is 13.1 Å². The van der Waals surface area contributed by atoms with E-state index in [1.54, 1.807) is 11.1 Å². The molecule has 0 bridgehead atoms. The number of hydrogen-bond donors (Lipinski definition) is 1. The smallest absolute Gasteiger partial charge is 0.410 e. The SMILES string of the molecule is CC(C)(C)OC(=O)N1CCC(C)(c2ncc[nH]2)CC1. The van der Waals surface area contributed by atoms with E-state index in [0.717, 1.165) is 18.7 Å². The lowest BCUT2D eigenvalue weighted by Gasteiger charge is -2.38. The van der Waals surface area contributed by atoms with E-state index in [1.807, 2.05) is 27.0 Å². The summed E-state index contributed by atoms with van der Waals surface area (Å²) in [6.45, 7) is 9.29. The monoisotopic (exact) mass is 265 g/mol. The molecule has 2 rings (SSSR count). The van der Waals surface area contributed by atoms with E-state index in [2.05, 4.69) is 16.9 Å². The second-order valence-electron chi connectivity index (χ2n) is 6.47. The number of piperidine rings is 1. The summed E-state index contributed by atoms with van der Waals surface area (Å²) < 4.78 is 5.40. The van der Waals surface area contributed by atoms with E-state index in [0.29, 0.717) is 13.1 Å². The second kappa shape index (κ2) is 4.87. The van der Waals surface area contributed by atoms with Crippen LogP contribution in [0.15, 0.2) is 12.4 Å². The van der Waals surface area contributed by atoms with Gasteiger partial charge >= 0.3 is 6.09 Å². The van der Waals surface area contributed by atoms with Gasteiger partial charge in [-0.05, 0) is 33.6 Å². The van der Waals surface area contributed by atoms with Gasteiger partial charge in [-0.2, -0.15) is 0 Å². The van der Waals surface area contributed by atoms with Gasteiger partial charge in [-0.15, -0.1) is 0 Å². The van der Waals surface area contributed by atoms with E-state index in [1.165, 1.54) is 0 Å². The predicted octanol–water partition coefficient (Wildman–Crippen LogP) is 2.70. The Labute approximate surface area is 114 Å². The van der Waals surface area contributed by atoms with E-state index < -0.39 is 5.60 Å². The molecule has 5 nitrogen and oxygen atoms in total. The van der Waals surface area contributed by atoms with Crippen LogP contribution in [0.5, 0.6) is 0 Å². The topological polar surface area (TPSA) is 58.2 Å². The van der Waals surface area contributed by atoms with Crippen molar-refractivity contribution in [2.45, 2.75) is 51.6 Å². The van der Waals surface area contributed by atoms with Gasteiger partial charge in [0.1, 0.15) is 11.4 Å². The molecule has 106 valence electrons. The number of likely N-dealkylation sites (tertiary alicyclic amines) is 1. The summed E-state index contributed by atoms with van der Waals surface area (Å²) in [5, 5.41) is 0. The van der Waals surface area contributed by atoms with Gasteiger partial charge in [-0.25, -0.2) is 9.78 Å². The molecule has 0 aromatic carbocycles. The summed E-state index contributed by atoms with van der Waals surface area (Å²) in [5.74, 6) is 1.01. The number of nitrogens with zero attached hydrogens (tertiary/aromatic N) is 2. The van der Waals surface area contributed by atoms with Crippen LogP contribution < -0.4 is 0 Å². The van der Waals surface area contributed by atoms with Crippen molar-refractivity contribution < 1.29 is 9.53 Å². The van der Waals surface area contributed by atoms with Crippen LogP contribution in [0.2, 0.25) is 0 Å². The van der Waals surface area contributed by atoms with Crippen molar-refractivity contribution in [1.29, 1.82) is 0 Å². The molecule has 0 spiro atoms. The predicted molar refractivity (Wildman–Crippen MR) is 73.0 cm³/mol. The number of carbonyl (C=O) groups is 1. The third-order valence-electron chi connectivity index (χ3n) is 3.59. The minimum Gasteiger partial charge on any atom is -0.444 e. The second-order valence-corrected chi connectivity index (χ2v) is 6.47. The molecule has 1 fully saturated rings. The Bertz CT molecular complexity index is 426. The molecule has 0 saturated carbocycles. The van der Waals surface area contributed by atoms with Crippen LogP contribution >= 0.6 is 0 Å². The first kappa shape index (κ1) is 13.9. The molecule has 2 heterocycles. The molecular formula is C14H23N3O2. The van der Waals surface area contributed by atoms with Crippen molar-refractivity contribution in [3.8, 4) is 0 Å². The van der Waals surface area contributed by atoms with E-state index in [-0.39, 0.29) is 11.5 Å². The lowest BCUT2D eigenvalue weighted by atomic mass is 9.80. The van der Waals surface area contributed by atoms with Crippen molar-refractivity contribution in [1.82, 2.24) is 14.9 Å². The van der Waals surface area contributed by atoms with E-state index in [9.17, 15) is 4.79 Å². The average Bonchev–Trinajstić information content (AvgIpc) is 2.81. The Morgan fingerprint density at radius 3 is 2.53 bits per heavy atom. The van der Waals surface area contributed by atoms with Gasteiger partial charge < -0.3 is 14.6 Å². The quantitative estimate of drug-likeness (QED) is 0.849. The highest BCUT2D eigenvalue weighted by atomic mass is 16.6. The molecule has 1 N–H and O–H groups in total. The van der Waals surface area contributed by atoms with E-state index in [4.69, 9.17) is 4.74 Å². The molecule has 1 saturated heterocycles. The van der Waals surface area contributed by atoms with Crippen molar-refractivity contribution in [3.05, 3.63) is 18.2 Å². The molecule has 1 aromatic rings. The average molecular weight is 265 g/mol.